The van der Waals surface area contributed by atoms with Crippen molar-refractivity contribution in [3.05, 3.63) is 5.28 Å². The third-order valence-electron chi connectivity index (χ3n) is 1.73. The van der Waals surface area contributed by atoms with Crippen LogP contribution in [0.3, 0.4) is 0 Å². The van der Waals surface area contributed by atoms with Gasteiger partial charge in [0.2, 0.25) is 23.0 Å². The first-order valence-electron chi connectivity index (χ1n) is 4.69. The molecule has 18 heavy (non-hydrogen) atoms. The molecular weight excluding hydrogens is 264 g/mol. The zero-order valence-electron chi connectivity index (χ0n) is 9.46. The Morgan fingerprint density at radius 1 is 1.22 bits per heavy atom. The van der Waals surface area contributed by atoms with E-state index in [0.717, 1.165) is 0 Å². The fourth-order valence-electron chi connectivity index (χ4n) is 1.13. The molecule has 0 fully saturated rings. The van der Waals surface area contributed by atoms with E-state index >= 15 is 0 Å². The molecule has 10 heteroatoms. The summed E-state index contributed by atoms with van der Waals surface area (Å²) >= 11 is 5.64. The Labute approximate surface area is 107 Å². The van der Waals surface area contributed by atoms with Crippen molar-refractivity contribution in [1.29, 1.82) is 0 Å². The van der Waals surface area contributed by atoms with Crippen LogP contribution < -0.4 is 21.1 Å². The Hall–Kier alpha value is -2.16. The second-order valence-electron chi connectivity index (χ2n) is 3.18. The lowest BCUT2D eigenvalue weighted by molar-refractivity contribution is -0.117. The van der Waals surface area contributed by atoms with Crippen LogP contribution in [0, 0.1) is 0 Å². The molecule has 0 unspecified atom stereocenters. The number of carbonyl (C=O) groups excluding carboxylic acids is 2. The fraction of sp³-hybridized carbons (Fsp3) is 0.375. The summed E-state index contributed by atoms with van der Waals surface area (Å²) in [6, 6.07) is -0.0519. The molecule has 0 saturated heterocycles. The molecule has 0 bridgehead atoms. The summed E-state index contributed by atoms with van der Waals surface area (Å²) in [6.07, 6.45) is 0. The predicted octanol–water partition coefficient (Wildman–Crippen LogP) is -1.69. The van der Waals surface area contributed by atoms with E-state index in [1.807, 2.05) is 0 Å². The van der Waals surface area contributed by atoms with Gasteiger partial charge in [-0.15, -0.1) is 0 Å². The number of ether oxygens (including phenoxy) is 1. The first-order valence-corrected chi connectivity index (χ1v) is 5.07. The van der Waals surface area contributed by atoms with Gasteiger partial charge in [0.05, 0.1) is 7.11 Å². The number of nitrogens with two attached hydrogens (primary N) is 2. The maximum absolute atomic E-state index is 10.9. The number of anilines is 1. The van der Waals surface area contributed by atoms with Crippen molar-refractivity contribution in [3.63, 3.8) is 0 Å². The van der Waals surface area contributed by atoms with E-state index in [4.69, 9.17) is 27.8 Å². The molecule has 0 atom stereocenters. The van der Waals surface area contributed by atoms with Crippen molar-refractivity contribution in [3.8, 4) is 6.01 Å². The Bertz CT molecular complexity index is 452. The normalized spacial score (nSPS) is 9.89. The fourth-order valence-corrected chi connectivity index (χ4v) is 1.28. The summed E-state index contributed by atoms with van der Waals surface area (Å²) < 4.78 is 4.79. The van der Waals surface area contributed by atoms with Crippen LogP contribution in [0.4, 0.5) is 5.95 Å². The minimum atomic E-state index is -0.674. The summed E-state index contributed by atoms with van der Waals surface area (Å²) in [5, 5.41) is -0.143. The van der Waals surface area contributed by atoms with Gasteiger partial charge in [0.15, 0.2) is 0 Å². The Morgan fingerprint density at radius 3 is 2.22 bits per heavy atom. The van der Waals surface area contributed by atoms with Crippen LogP contribution in [0.1, 0.15) is 0 Å². The van der Waals surface area contributed by atoms with Gasteiger partial charge < -0.3 is 21.1 Å². The first kappa shape index (κ1) is 13.9. The average Bonchev–Trinajstić information content (AvgIpc) is 2.26. The first-order chi connectivity index (χ1) is 8.42. The molecule has 9 nitrogen and oxygen atoms in total. The largest absolute Gasteiger partial charge is 0.467 e. The minimum Gasteiger partial charge on any atom is -0.467 e. The molecule has 1 rings (SSSR count). The second-order valence-corrected chi connectivity index (χ2v) is 3.52. The van der Waals surface area contributed by atoms with Crippen molar-refractivity contribution in [2.24, 2.45) is 11.5 Å². The highest BCUT2D eigenvalue weighted by Crippen LogP contribution is 2.14. The highest BCUT2D eigenvalue weighted by Gasteiger charge is 2.17. The second kappa shape index (κ2) is 5.96. The summed E-state index contributed by atoms with van der Waals surface area (Å²) in [5.74, 6) is -1.37. The topological polar surface area (TPSA) is 137 Å². The van der Waals surface area contributed by atoms with Crippen LogP contribution in [0.2, 0.25) is 5.28 Å². The van der Waals surface area contributed by atoms with E-state index in [9.17, 15) is 9.59 Å². The van der Waals surface area contributed by atoms with E-state index < -0.39 is 11.8 Å². The Morgan fingerprint density at radius 2 is 1.78 bits per heavy atom. The summed E-state index contributed by atoms with van der Waals surface area (Å²) in [4.78, 5) is 34.2. The van der Waals surface area contributed by atoms with Crippen LogP contribution in [0.5, 0.6) is 6.01 Å². The minimum absolute atomic E-state index is 0.0237. The number of hydrogen-bond acceptors (Lipinski definition) is 7. The Kier molecular flexibility index (Phi) is 4.60. The van der Waals surface area contributed by atoms with Crippen LogP contribution in [0.15, 0.2) is 0 Å². The predicted molar refractivity (Wildman–Crippen MR) is 62.0 cm³/mol. The number of methoxy groups -OCH3 is 1. The van der Waals surface area contributed by atoms with Gasteiger partial charge in [0.1, 0.15) is 13.1 Å². The third kappa shape index (κ3) is 4.01. The van der Waals surface area contributed by atoms with Crippen molar-refractivity contribution < 1.29 is 14.3 Å². The van der Waals surface area contributed by atoms with Crippen LogP contribution in [0.25, 0.3) is 0 Å². The van der Waals surface area contributed by atoms with Crippen LogP contribution in [-0.4, -0.2) is 47.0 Å². The van der Waals surface area contributed by atoms with Gasteiger partial charge >= 0.3 is 6.01 Å². The van der Waals surface area contributed by atoms with Crippen molar-refractivity contribution in [2.45, 2.75) is 0 Å². The lowest BCUT2D eigenvalue weighted by atomic mass is 10.4. The molecule has 0 aliphatic rings. The van der Waals surface area contributed by atoms with E-state index in [1.54, 1.807) is 0 Å². The highest BCUT2D eigenvalue weighted by atomic mass is 35.5. The van der Waals surface area contributed by atoms with Gasteiger partial charge in [0, 0.05) is 0 Å². The summed E-state index contributed by atoms with van der Waals surface area (Å²) in [7, 11) is 1.34. The molecule has 98 valence electrons. The SMILES string of the molecule is COc1nc(Cl)nc(N(CC(N)=O)CC(N)=O)n1. The van der Waals surface area contributed by atoms with Gasteiger partial charge in [-0.05, 0) is 11.6 Å². The van der Waals surface area contributed by atoms with Gasteiger partial charge in [0.25, 0.3) is 0 Å². The molecule has 2 amide bonds. The molecule has 0 aliphatic carbocycles. The number of nitrogens with zero attached hydrogens (tertiary/aromatic N) is 4. The maximum Gasteiger partial charge on any atom is 0.322 e. The lowest BCUT2D eigenvalue weighted by Gasteiger charge is -2.19. The third-order valence-corrected chi connectivity index (χ3v) is 1.90. The zero-order valence-corrected chi connectivity index (χ0v) is 10.2. The van der Waals surface area contributed by atoms with Crippen LogP contribution in [-0.2, 0) is 9.59 Å². The molecule has 4 N–H and O–H groups in total. The molecule has 0 aliphatic heterocycles. The molecule has 0 aromatic carbocycles. The number of carbonyl (C=O) groups is 2. The highest BCUT2D eigenvalue weighted by molar-refractivity contribution is 6.28. The monoisotopic (exact) mass is 274 g/mol. The van der Waals surface area contributed by atoms with Crippen molar-refractivity contribution in [2.75, 3.05) is 25.1 Å². The number of halogens is 1. The van der Waals surface area contributed by atoms with E-state index in [-0.39, 0.29) is 30.3 Å². The lowest BCUT2D eigenvalue weighted by Crippen LogP contribution is -2.40. The van der Waals surface area contributed by atoms with Crippen molar-refractivity contribution >= 4 is 29.4 Å². The molecule has 0 spiro atoms. The van der Waals surface area contributed by atoms with Crippen LogP contribution >= 0.6 is 11.6 Å². The van der Waals surface area contributed by atoms with E-state index in [2.05, 4.69) is 15.0 Å². The number of hydrogen-bond donors (Lipinski definition) is 2. The average molecular weight is 275 g/mol. The number of amides is 2. The molecule has 1 aromatic rings. The number of aromatic nitrogens is 3. The van der Waals surface area contributed by atoms with Crippen molar-refractivity contribution in [1.82, 2.24) is 15.0 Å². The van der Waals surface area contributed by atoms with Gasteiger partial charge in [-0.3, -0.25) is 9.59 Å². The van der Waals surface area contributed by atoms with Gasteiger partial charge in [-0.25, -0.2) is 0 Å². The standard InChI is InChI=1S/C8H11ClN6O3/c1-18-8-13-6(9)12-7(14-8)15(2-4(10)16)3-5(11)17/h2-3H2,1H3,(H2,10,16)(H2,11,17). The van der Waals surface area contributed by atoms with E-state index in [1.165, 1.54) is 12.0 Å². The molecule has 1 heterocycles. The number of primary amides is 2. The summed E-state index contributed by atoms with van der Waals surface area (Å²) in [5.41, 5.74) is 10.1. The van der Waals surface area contributed by atoms with Gasteiger partial charge in [-0.1, -0.05) is 0 Å². The quantitative estimate of drug-likeness (QED) is 0.631. The van der Waals surface area contributed by atoms with E-state index in [0.29, 0.717) is 0 Å². The summed E-state index contributed by atoms with van der Waals surface area (Å²) in [6.45, 7) is -0.571. The maximum atomic E-state index is 10.9. The smallest absolute Gasteiger partial charge is 0.322 e. The Balaban J connectivity index is 3.06. The zero-order chi connectivity index (χ0) is 13.7. The molecular formula is C8H11ClN6O3. The number of rotatable bonds is 6. The van der Waals surface area contributed by atoms with Gasteiger partial charge in [-0.2, -0.15) is 15.0 Å². The molecule has 0 radical (unpaired) electrons. The molecule has 0 saturated carbocycles. The molecule has 1 aromatic heterocycles.